The van der Waals surface area contributed by atoms with Gasteiger partial charge in [-0.2, -0.15) is 0 Å². The first-order valence-electron chi connectivity index (χ1n) is 13.3. The molecule has 6 nitrogen and oxygen atoms in total. The van der Waals surface area contributed by atoms with Crippen LogP contribution in [0.25, 0.3) is 10.9 Å². The van der Waals surface area contributed by atoms with Crippen LogP contribution in [-0.2, 0) is 11.2 Å². The number of aliphatic carboxylic acids is 1. The molecule has 1 fully saturated rings. The number of hydrogen-bond donors (Lipinski definition) is 2. The third-order valence-corrected chi connectivity index (χ3v) is 8.49. The second-order valence-corrected chi connectivity index (χ2v) is 11.1. The van der Waals surface area contributed by atoms with Crippen LogP contribution in [0.3, 0.4) is 0 Å². The van der Waals surface area contributed by atoms with Crippen molar-refractivity contribution in [1.29, 1.82) is 0 Å². The lowest BCUT2D eigenvalue weighted by Crippen LogP contribution is -2.41. The number of halogens is 2. The molecule has 3 aromatic rings. The van der Waals surface area contributed by atoms with Gasteiger partial charge in [-0.05, 0) is 111 Å². The predicted molar refractivity (Wildman–Crippen MR) is 152 cm³/mol. The van der Waals surface area contributed by atoms with E-state index in [9.17, 15) is 15.0 Å². The van der Waals surface area contributed by atoms with Crippen LogP contribution in [0.4, 0.5) is 0 Å². The number of pyridine rings is 1. The molecule has 1 saturated heterocycles. The van der Waals surface area contributed by atoms with E-state index >= 15 is 0 Å². The normalized spacial score (nSPS) is 18.9. The fourth-order valence-electron chi connectivity index (χ4n) is 5.69. The van der Waals surface area contributed by atoms with E-state index < -0.39 is 12.1 Å². The molecule has 2 N–H and O–H groups in total. The Bertz CT molecular complexity index is 1220. The molecule has 1 aliphatic rings. The summed E-state index contributed by atoms with van der Waals surface area (Å²) in [6.45, 7) is 2.65. The lowest BCUT2D eigenvalue weighted by molar-refractivity contribution is -0.139. The van der Waals surface area contributed by atoms with Gasteiger partial charge in [0.05, 0.1) is 18.7 Å². The monoisotopic (exact) mass is 558 g/mol. The number of unbranched alkanes of at least 4 members (excludes halogenated alkanes) is 1. The Balaban J connectivity index is 1.31. The van der Waals surface area contributed by atoms with Crippen molar-refractivity contribution < 1.29 is 19.7 Å². The Kier molecular flexibility index (Phi) is 10.3. The summed E-state index contributed by atoms with van der Waals surface area (Å²) in [5.74, 6) is 0.299. The van der Waals surface area contributed by atoms with Gasteiger partial charge in [0.25, 0.3) is 0 Å². The summed E-state index contributed by atoms with van der Waals surface area (Å²) in [6, 6.07) is 13.1. The minimum absolute atomic E-state index is 0.0701. The first kappa shape index (κ1) is 28.6. The maximum Gasteiger partial charge on any atom is 0.303 e. The standard InChI is InChI=1S/C30H36Cl2N2O4/c1-38-22-9-10-28-25(18-22)23(12-14-33-28)29(35)11-8-20-13-16-34(19-21(20)17-30(36)37)15-3-2-5-24-26(31)6-4-7-27(24)32/h4,6-7,9-10,12,14,18,20-21,29,35H,2-3,5,8,11,13,15-17,19H2,1H3,(H,36,37)/t20-,21+,29-/m1/s1. The maximum absolute atomic E-state index is 11.7. The van der Waals surface area contributed by atoms with Gasteiger partial charge in [0, 0.05) is 34.6 Å². The number of carboxylic acids is 1. The molecule has 204 valence electrons. The van der Waals surface area contributed by atoms with E-state index in [1.807, 2.05) is 42.5 Å². The van der Waals surface area contributed by atoms with E-state index in [0.29, 0.717) is 16.5 Å². The van der Waals surface area contributed by atoms with Crippen LogP contribution in [0.1, 0.15) is 55.8 Å². The van der Waals surface area contributed by atoms with Crippen LogP contribution in [0.15, 0.2) is 48.7 Å². The summed E-state index contributed by atoms with van der Waals surface area (Å²) in [4.78, 5) is 18.5. The van der Waals surface area contributed by atoms with Crippen molar-refractivity contribution in [3.63, 3.8) is 0 Å². The number of piperidine rings is 1. The number of carbonyl (C=O) groups is 1. The number of aliphatic hydroxyl groups excluding tert-OH is 1. The molecule has 0 saturated carbocycles. The molecule has 2 aromatic carbocycles. The number of likely N-dealkylation sites (tertiary alicyclic amines) is 1. The number of methoxy groups -OCH3 is 1. The Morgan fingerprint density at radius 1 is 1.16 bits per heavy atom. The van der Waals surface area contributed by atoms with Gasteiger partial charge in [0.2, 0.25) is 0 Å². The molecule has 0 unspecified atom stereocenters. The smallest absolute Gasteiger partial charge is 0.303 e. The van der Waals surface area contributed by atoms with Gasteiger partial charge in [0.1, 0.15) is 5.75 Å². The molecule has 0 spiro atoms. The molecule has 0 radical (unpaired) electrons. The molecule has 4 rings (SSSR count). The number of hydrogen-bond acceptors (Lipinski definition) is 5. The van der Waals surface area contributed by atoms with Crippen molar-refractivity contribution in [2.24, 2.45) is 11.8 Å². The first-order chi connectivity index (χ1) is 18.4. The number of fused-ring (bicyclic) bond motifs is 1. The number of aromatic nitrogens is 1. The maximum atomic E-state index is 11.7. The topological polar surface area (TPSA) is 82.9 Å². The average Bonchev–Trinajstić information content (AvgIpc) is 2.90. The highest BCUT2D eigenvalue weighted by Crippen LogP contribution is 2.35. The van der Waals surface area contributed by atoms with Crippen molar-refractivity contribution >= 4 is 40.1 Å². The summed E-state index contributed by atoms with van der Waals surface area (Å²) in [5.41, 5.74) is 2.65. The SMILES string of the molecule is COc1ccc2nccc([C@H](O)CC[C@@H]3CCN(CCCCc4c(Cl)cccc4Cl)C[C@@H]3CC(=O)O)c2c1. The summed E-state index contributed by atoms with van der Waals surface area (Å²) >= 11 is 12.6. The van der Waals surface area contributed by atoms with Crippen molar-refractivity contribution in [2.75, 3.05) is 26.7 Å². The number of aliphatic hydroxyl groups is 1. The number of ether oxygens (including phenoxy) is 1. The second kappa shape index (κ2) is 13.6. The van der Waals surface area contributed by atoms with Gasteiger partial charge >= 0.3 is 5.97 Å². The summed E-state index contributed by atoms with van der Waals surface area (Å²) in [7, 11) is 1.62. The molecular weight excluding hydrogens is 523 g/mol. The summed E-state index contributed by atoms with van der Waals surface area (Å²) in [5, 5.41) is 23.0. The molecule has 3 atom stereocenters. The Hall–Kier alpha value is -2.38. The molecule has 2 heterocycles. The highest BCUT2D eigenvalue weighted by molar-refractivity contribution is 6.35. The van der Waals surface area contributed by atoms with E-state index in [1.54, 1.807) is 13.3 Å². The van der Waals surface area contributed by atoms with Gasteiger partial charge in [-0.1, -0.05) is 29.3 Å². The zero-order valence-corrected chi connectivity index (χ0v) is 23.3. The Morgan fingerprint density at radius 2 is 1.95 bits per heavy atom. The van der Waals surface area contributed by atoms with Crippen LogP contribution in [0.5, 0.6) is 5.75 Å². The molecule has 0 aliphatic carbocycles. The number of benzene rings is 2. The van der Waals surface area contributed by atoms with E-state index in [2.05, 4.69) is 9.88 Å². The molecule has 38 heavy (non-hydrogen) atoms. The third kappa shape index (κ3) is 7.38. The van der Waals surface area contributed by atoms with E-state index in [-0.39, 0.29) is 18.3 Å². The van der Waals surface area contributed by atoms with Crippen LogP contribution in [0.2, 0.25) is 10.0 Å². The van der Waals surface area contributed by atoms with Crippen molar-refractivity contribution in [2.45, 2.75) is 51.0 Å². The lowest BCUT2D eigenvalue weighted by Gasteiger charge is -2.38. The van der Waals surface area contributed by atoms with Crippen LogP contribution < -0.4 is 4.74 Å². The molecule has 1 aromatic heterocycles. The second-order valence-electron chi connectivity index (χ2n) is 10.2. The van der Waals surface area contributed by atoms with Crippen molar-refractivity contribution in [3.8, 4) is 5.75 Å². The molecule has 0 bridgehead atoms. The quantitative estimate of drug-likeness (QED) is 0.238. The number of rotatable bonds is 12. The van der Waals surface area contributed by atoms with Crippen LogP contribution in [0, 0.1) is 11.8 Å². The van der Waals surface area contributed by atoms with E-state index in [4.69, 9.17) is 27.9 Å². The predicted octanol–water partition coefficient (Wildman–Crippen LogP) is 6.80. The highest BCUT2D eigenvalue weighted by Gasteiger charge is 2.31. The van der Waals surface area contributed by atoms with Crippen LogP contribution in [-0.4, -0.2) is 52.8 Å². The molecular formula is C30H36Cl2N2O4. The van der Waals surface area contributed by atoms with E-state index in [0.717, 1.165) is 79.5 Å². The average molecular weight is 560 g/mol. The first-order valence-corrected chi connectivity index (χ1v) is 14.1. The largest absolute Gasteiger partial charge is 0.497 e. The van der Waals surface area contributed by atoms with E-state index in [1.165, 1.54) is 0 Å². The Morgan fingerprint density at radius 3 is 2.68 bits per heavy atom. The highest BCUT2D eigenvalue weighted by atomic mass is 35.5. The fraction of sp³-hybridized carbons (Fsp3) is 0.467. The van der Waals surface area contributed by atoms with Gasteiger partial charge in [0.15, 0.2) is 0 Å². The van der Waals surface area contributed by atoms with Gasteiger partial charge in [-0.25, -0.2) is 0 Å². The molecule has 8 heteroatoms. The summed E-state index contributed by atoms with van der Waals surface area (Å²) < 4.78 is 5.36. The summed E-state index contributed by atoms with van der Waals surface area (Å²) in [6.07, 6.45) is 6.34. The number of nitrogens with zero attached hydrogens (tertiary/aromatic N) is 2. The minimum Gasteiger partial charge on any atom is -0.497 e. The zero-order chi connectivity index (χ0) is 27.1. The van der Waals surface area contributed by atoms with Crippen molar-refractivity contribution in [3.05, 3.63) is 69.8 Å². The van der Waals surface area contributed by atoms with Gasteiger partial charge in [-0.3, -0.25) is 9.78 Å². The third-order valence-electron chi connectivity index (χ3n) is 7.78. The lowest BCUT2D eigenvalue weighted by atomic mass is 9.79. The van der Waals surface area contributed by atoms with Gasteiger partial charge < -0.3 is 19.8 Å². The minimum atomic E-state index is -0.761. The van der Waals surface area contributed by atoms with Gasteiger partial charge in [-0.15, -0.1) is 0 Å². The number of carboxylic acid groups (broad SMARTS) is 1. The van der Waals surface area contributed by atoms with Crippen LogP contribution >= 0.6 is 23.2 Å². The molecule has 0 amide bonds. The Labute approximate surface area is 234 Å². The fourth-order valence-corrected chi connectivity index (χ4v) is 6.28. The van der Waals surface area contributed by atoms with Crippen molar-refractivity contribution in [1.82, 2.24) is 9.88 Å². The zero-order valence-electron chi connectivity index (χ0n) is 21.8. The molecule has 1 aliphatic heterocycles.